The molecular weight excluding hydrogens is 188 g/mol. The number of rotatable bonds is 10. The van der Waals surface area contributed by atoms with Crippen LogP contribution in [0.1, 0.15) is 45.4 Å². The fourth-order valence-corrected chi connectivity index (χ4v) is 1.19. The topological polar surface area (TPSA) is 68.2 Å². The molecule has 14 heavy (non-hydrogen) atoms. The summed E-state index contributed by atoms with van der Waals surface area (Å²) in [7, 11) is 0. The molecule has 2 N–H and O–H groups in total. The summed E-state index contributed by atoms with van der Waals surface area (Å²) < 4.78 is 0. The molecule has 0 aromatic carbocycles. The van der Waals surface area contributed by atoms with Gasteiger partial charge in [0, 0.05) is 0 Å². The van der Waals surface area contributed by atoms with Crippen molar-refractivity contribution in [3.8, 4) is 0 Å². The summed E-state index contributed by atoms with van der Waals surface area (Å²) in [5.41, 5.74) is 0. The first kappa shape index (κ1) is 13.8. The standard InChI is InChI=1S/C9H20O5/c1-9(10)7-5-3-2-4-6-8-12-14-13-11/h9-11H,2-8H2,1H3. The summed E-state index contributed by atoms with van der Waals surface area (Å²) in [4.78, 5) is 4.42. The third-order valence-corrected chi connectivity index (χ3v) is 1.93. The Hall–Kier alpha value is -0.200. The maximum atomic E-state index is 8.98. The van der Waals surface area contributed by atoms with Crippen LogP contribution in [0.4, 0.5) is 0 Å². The zero-order valence-electron chi connectivity index (χ0n) is 8.65. The highest BCUT2D eigenvalue weighted by Gasteiger charge is 1.96. The lowest BCUT2D eigenvalue weighted by Crippen LogP contribution is -1.98. The van der Waals surface area contributed by atoms with Crippen molar-refractivity contribution in [1.82, 2.24) is 0 Å². The molecular formula is C9H20O5. The van der Waals surface area contributed by atoms with Gasteiger partial charge >= 0.3 is 0 Å². The Balaban J connectivity index is 2.85. The molecule has 0 spiro atoms. The van der Waals surface area contributed by atoms with Gasteiger partial charge < -0.3 is 5.11 Å². The largest absolute Gasteiger partial charge is 0.393 e. The van der Waals surface area contributed by atoms with E-state index < -0.39 is 0 Å². The molecule has 0 saturated heterocycles. The van der Waals surface area contributed by atoms with Crippen LogP contribution in [0.15, 0.2) is 0 Å². The first-order valence-electron chi connectivity index (χ1n) is 5.05. The summed E-state index contributed by atoms with van der Waals surface area (Å²) in [6.45, 7) is 2.22. The molecule has 1 unspecified atom stereocenters. The van der Waals surface area contributed by atoms with Crippen molar-refractivity contribution in [2.24, 2.45) is 0 Å². The smallest absolute Gasteiger partial charge is 0.0854 e. The van der Waals surface area contributed by atoms with Gasteiger partial charge in [0.25, 0.3) is 0 Å². The van der Waals surface area contributed by atoms with Crippen LogP contribution in [0.3, 0.4) is 0 Å². The van der Waals surface area contributed by atoms with Crippen molar-refractivity contribution < 1.29 is 25.3 Å². The zero-order valence-corrected chi connectivity index (χ0v) is 8.65. The Morgan fingerprint density at radius 1 is 1.07 bits per heavy atom. The second kappa shape index (κ2) is 10.9. The number of hydrogen-bond acceptors (Lipinski definition) is 5. The summed E-state index contributed by atoms with van der Waals surface area (Å²) in [5, 5.41) is 23.8. The van der Waals surface area contributed by atoms with E-state index in [9.17, 15) is 0 Å². The third kappa shape index (κ3) is 11.8. The van der Waals surface area contributed by atoms with Gasteiger partial charge in [-0.3, -0.25) is 0 Å². The molecule has 0 fully saturated rings. The predicted molar refractivity (Wildman–Crippen MR) is 50.1 cm³/mol. The van der Waals surface area contributed by atoms with Crippen LogP contribution in [-0.2, 0) is 15.0 Å². The first-order chi connectivity index (χ1) is 6.77. The summed E-state index contributed by atoms with van der Waals surface area (Å²) in [6.07, 6.45) is 5.92. The lowest BCUT2D eigenvalue weighted by molar-refractivity contribution is -0.623. The fourth-order valence-electron chi connectivity index (χ4n) is 1.19. The van der Waals surface area contributed by atoms with Crippen LogP contribution < -0.4 is 0 Å². The van der Waals surface area contributed by atoms with Gasteiger partial charge in [0.15, 0.2) is 0 Å². The van der Waals surface area contributed by atoms with Gasteiger partial charge in [-0.05, 0) is 29.8 Å². The maximum Gasteiger partial charge on any atom is 0.0854 e. The second-order valence-electron chi connectivity index (χ2n) is 3.37. The van der Waals surface area contributed by atoms with E-state index in [0.29, 0.717) is 6.61 Å². The van der Waals surface area contributed by atoms with Crippen LogP contribution in [-0.4, -0.2) is 23.1 Å². The Kier molecular flexibility index (Phi) is 10.7. The Bertz CT molecular complexity index is 107. The third-order valence-electron chi connectivity index (χ3n) is 1.93. The van der Waals surface area contributed by atoms with Gasteiger partial charge in [0.05, 0.1) is 12.7 Å². The van der Waals surface area contributed by atoms with E-state index in [4.69, 9.17) is 10.4 Å². The van der Waals surface area contributed by atoms with Crippen molar-refractivity contribution >= 4 is 0 Å². The second-order valence-corrected chi connectivity index (χ2v) is 3.37. The van der Waals surface area contributed by atoms with E-state index in [2.05, 4.69) is 15.0 Å². The molecule has 0 aliphatic heterocycles. The lowest BCUT2D eigenvalue weighted by atomic mass is 10.1. The molecule has 86 valence electrons. The highest BCUT2D eigenvalue weighted by atomic mass is 17.6. The summed E-state index contributed by atoms with van der Waals surface area (Å²) in [5.74, 6) is 0. The minimum Gasteiger partial charge on any atom is -0.393 e. The molecule has 0 bridgehead atoms. The molecule has 0 heterocycles. The molecule has 1 atom stereocenters. The Labute approximate surface area is 84.4 Å². The van der Waals surface area contributed by atoms with Gasteiger partial charge in [0.2, 0.25) is 0 Å². The molecule has 0 aliphatic carbocycles. The van der Waals surface area contributed by atoms with Crippen molar-refractivity contribution in [1.29, 1.82) is 0 Å². The highest BCUT2D eigenvalue weighted by Crippen LogP contribution is 2.07. The predicted octanol–water partition coefficient (Wildman–Crippen LogP) is 2.06. The average Bonchev–Trinajstić information content (AvgIpc) is 2.15. The Morgan fingerprint density at radius 2 is 1.71 bits per heavy atom. The first-order valence-corrected chi connectivity index (χ1v) is 5.05. The lowest BCUT2D eigenvalue weighted by Gasteiger charge is -2.03. The van der Waals surface area contributed by atoms with E-state index in [0.717, 1.165) is 38.5 Å². The number of aliphatic hydroxyl groups is 1. The fraction of sp³-hybridized carbons (Fsp3) is 1.00. The van der Waals surface area contributed by atoms with Crippen molar-refractivity contribution in [3.63, 3.8) is 0 Å². The number of unbranched alkanes of at least 4 members (excludes halogenated alkanes) is 4. The monoisotopic (exact) mass is 208 g/mol. The van der Waals surface area contributed by atoms with E-state index in [-0.39, 0.29) is 6.10 Å². The van der Waals surface area contributed by atoms with E-state index >= 15 is 0 Å². The normalized spacial score (nSPS) is 13.1. The van der Waals surface area contributed by atoms with Crippen LogP contribution in [0.5, 0.6) is 0 Å². The van der Waals surface area contributed by atoms with Gasteiger partial charge in [-0.2, -0.15) is 0 Å². The van der Waals surface area contributed by atoms with Crippen LogP contribution >= 0.6 is 0 Å². The van der Waals surface area contributed by atoms with Crippen molar-refractivity contribution in [2.45, 2.75) is 51.6 Å². The minimum absolute atomic E-state index is 0.187. The SMILES string of the molecule is CC(O)CCCCCCCOOOO. The van der Waals surface area contributed by atoms with Crippen LogP contribution in [0.25, 0.3) is 0 Å². The molecule has 0 amide bonds. The Morgan fingerprint density at radius 3 is 2.36 bits per heavy atom. The summed E-state index contributed by atoms with van der Waals surface area (Å²) in [6, 6.07) is 0. The quantitative estimate of drug-likeness (QED) is 0.327. The summed E-state index contributed by atoms with van der Waals surface area (Å²) >= 11 is 0. The zero-order chi connectivity index (χ0) is 10.6. The van der Waals surface area contributed by atoms with Gasteiger partial charge in [-0.25, -0.2) is 10.1 Å². The van der Waals surface area contributed by atoms with Crippen molar-refractivity contribution in [3.05, 3.63) is 0 Å². The molecule has 0 radical (unpaired) electrons. The molecule has 0 aliphatic rings. The van der Waals surface area contributed by atoms with Gasteiger partial charge in [0.1, 0.15) is 0 Å². The van der Waals surface area contributed by atoms with Gasteiger partial charge in [-0.15, -0.1) is 0 Å². The maximum absolute atomic E-state index is 8.98. The van der Waals surface area contributed by atoms with Crippen molar-refractivity contribution in [2.75, 3.05) is 6.61 Å². The van der Waals surface area contributed by atoms with E-state index in [1.165, 1.54) is 0 Å². The minimum atomic E-state index is -0.187. The molecule has 0 aromatic heterocycles. The number of hydrogen-bond donors (Lipinski definition) is 2. The molecule has 0 rings (SSSR count). The van der Waals surface area contributed by atoms with E-state index in [1.807, 2.05) is 0 Å². The van der Waals surface area contributed by atoms with Crippen LogP contribution in [0.2, 0.25) is 0 Å². The molecule has 5 heteroatoms. The molecule has 0 aromatic rings. The molecule has 0 saturated carbocycles. The van der Waals surface area contributed by atoms with E-state index in [1.54, 1.807) is 6.92 Å². The number of aliphatic hydroxyl groups excluding tert-OH is 1. The highest BCUT2D eigenvalue weighted by molar-refractivity contribution is 4.49. The molecule has 5 nitrogen and oxygen atoms in total. The van der Waals surface area contributed by atoms with Gasteiger partial charge in [-0.1, -0.05) is 25.7 Å². The van der Waals surface area contributed by atoms with Crippen LogP contribution in [0, 0.1) is 0 Å². The average molecular weight is 208 g/mol.